The number of nitrogens with one attached hydrogen (secondary N) is 1. The summed E-state index contributed by atoms with van der Waals surface area (Å²) >= 11 is 3.47. The molecule has 0 aromatic heterocycles. The van der Waals surface area contributed by atoms with E-state index in [0.29, 0.717) is 39.4 Å². The summed E-state index contributed by atoms with van der Waals surface area (Å²) in [6.45, 7) is 5.90. The van der Waals surface area contributed by atoms with Gasteiger partial charge in [-0.15, -0.1) is 0 Å². The molecule has 4 amide bonds. The molecule has 3 aromatic carbocycles. The fourth-order valence-corrected chi connectivity index (χ4v) is 4.56. The van der Waals surface area contributed by atoms with E-state index in [2.05, 4.69) is 21.2 Å². The smallest absolute Gasteiger partial charge is 0.335 e. The van der Waals surface area contributed by atoms with E-state index in [1.54, 1.807) is 43.3 Å². The molecule has 1 heterocycles. The van der Waals surface area contributed by atoms with Gasteiger partial charge in [0.15, 0.2) is 11.5 Å². The van der Waals surface area contributed by atoms with Crippen molar-refractivity contribution in [3.05, 3.63) is 92.5 Å². The standard InChI is InChI=1S/C29H25BrN2O7/c1-4-38-24-13-20(23(30)14-25(24)39-15-18-6-5-7-19(11-18)28(35)36)12-22-26(33)31-29(37)32(27(22)34)21-9-16(2)8-17(3)10-21/h5-14H,4,15H2,1-3H3,(H,35,36)(H,31,33,37)/b22-12+. The van der Waals surface area contributed by atoms with Gasteiger partial charge in [0.25, 0.3) is 11.8 Å². The SMILES string of the molecule is CCOc1cc(/C=C2\C(=O)NC(=O)N(c3cc(C)cc(C)c3)C2=O)c(Br)cc1OCc1cccc(C(=O)O)c1. The topological polar surface area (TPSA) is 122 Å². The van der Waals surface area contributed by atoms with Gasteiger partial charge < -0.3 is 14.6 Å². The molecule has 1 saturated heterocycles. The van der Waals surface area contributed by atoms with Crippen molar-refractivity contribution in [3.63, 3.8) is 0 Å². The molecule has 10 heteroatoms. The number of anilines is 1. The summed E-state index contributed by atoms with van der Waals surface area (Å²) in [5, 5.41) is 11.5. The van der Waals surface area contributed by atoms with E-state index in [0.717, 1.165) is 16.0 Å². The number of carbonyl (C=O) groups is 4. The quantitative estimate of drug-likeness (QED) is 0.265. The number of halogens is 1. The van der Waals surface area contributed by atoms with Gasteiger partial charge in [-0.3, -0.25) is 14.9 Å². The van der Waals surface area contributed by atoms with Crippen molar-refractivity contribution in [1.29, 1.82) is 0 Å². The fourth-order valence-electron chi connectivity index (χ4n) is 4.12. The Labute approximate surface area is 233 Å². The molecule has 1 aliphatic heterocycles. The van der Waals surface area contributed by atoms with Crippen LogP contribution < -0.4 is 19.7 Å². The molecule has 0 bridgehead atoms. The lowest BCUT2D eigenvalue weighted by molar-refractivity contribution is -0.122. The predicted molar refractivity (Wildman–Crippen MR) is 148 cm³/mol. The van der Waals surface area contributed by atoms with Gasteiger partial charge in [0.05, 0.1) is 17.9 Å². The third-order valence-electron chi connectivity index (χ3n) is 5.80. The van der Waals surface area contributed by atoms with Crippen LogP contribution in [0.15, 0.2) is 64.6 Å². The molecule has 0 atom stereocenters. The van der Waals surface area contributed by atoms with Crippen molar-refractivity contribution >= 4 is 51.5 Å². The molecular formula is C29H25BrN2O7. The molecule has 0 unspecified atom stereocenters. The summed E-state index contributed by atoms with van der Waals surface area (Å²) < 4.78 is 12.2. The van der Waals surface area contributed by atoms with E-state index in [9.17, 15) is 24.3 Å². The van der Waals surface area contributed by atoms with Crippen molar-refractivity contribution < 1.29 is 33.8 Å². The molecule has 0 radical (unpaired) electrons. The van der Waals surface area contributed by atoms with Crippen LogP contribution in [0.5, 0.6) is 11.5 Å². The number of hydrogen-bond donors (Lipinski definition) is 2. The number of benzene rings is 3. The molecular weight excluding hydrogens is 568 g/mol. The van der Waals surface area contributed by atoms with Gasteiger partial charge in [-0.2, -0.15) is 0 Å². The zero-order valence-electron chi connectivity index (χ0n) is 21.4. The van der Waals surface area contributed by atoms with Crippen molar-refractivity contribution in [2.24, 2.45) is 0 Å². The number of amides is 4. The summed E-state index contributed by atoms with van der Waals surface area (Å²) in [6.07, 6.45) is 1.38. The van der Waals surface area contributed by atoms with E-state index in [1.807, 2.05) is 19.9 Å². The number of imide groups is 2. The van der Waals surface area contributed by atoms with Crippen LogP contribution in [0.3, 0.4) is 0 Å². The second kappa shape index (κ2) is 11.5. The van der Waals surface area contributed by atoms with Crippen molar-refractivity contribution in [2.75, 3.05) is 11.5 Å². The van der Waals surface area contributed by atoms with Gasteiger partial charge in [-0.1, -0.05) is 34.1 Å². The number of aryl methyl sites for hydroxylation is 2. The minimum absolute atomic E-state index is 0.0853. The molecule has 1 aliphatic rings. The summed E-state index contributed by atoms with van der Waals surface area (Å²) in [7, 11) is 0. The first-order chi connectivity index (χ1) is 18.6. The number of carboxylic acid groups (broad SMARTS) is 1. The zero-order chi connectivity index (χ0) is 28.3. The Balaban J connectivity index is 1.66. The van der Waals surface area contributed by atoms with Gasteiger partial charge in [-0.05, 0) is 85.5 Å². The molecule has 39 heavy (non-hydrogen) atoms. The Morgan fingerprint density at radius 1 is 1.00 bits per heavy atom. The van der Waals surface area contributed by atoms with Gasteiger partial charge in [-0.25, -0.2) is 14.5 Å². The average molecular weight is 593 g/mol. The van der Waals surface area contributed by atoms with Crippen LogP contribution in [0.1, 0.15) is 39.5 Å². The van der Waals surface area contributed by atoms with E-state index < -0.39 is 23.8 Å². The predicted octanol–water partition coefficient (Wildman–Crippen LogP) is 5.41. The third-order valence-corrected chi connectivity index (χ3v) is 6.48. The Hall–Kier alpha value is -4.44. The molecule has 0 spiro atoms. The molecule has 1 fully saturated rings. The van der Waals surface area contributed by atoms with Crippen LogP contribution in [-0.2, 0) is 16.2 Å². The van der Waals surface area contributed by atoms with Gasteiger partial charge >= 0.3 is 12.0 Å². The van der Waals surface area contributed by atoms with Crippen LogP contribution >= 0.6 is 15.9 Å². The highest BCUT2D eigenvalue weighted by molar-refractivity contribution is 9.10. The third kappa shape index (κ3) is 6.18. The summed E-state index contributed by atoms with van der Waals surface area (Å²) in [5.41, 5.74) is 3.11. The number of urea groups is 1. The summed E-state index contributed by atoms with van der Waals surface area (Å²) in [6, 6.07) is 14.1. The Morgan fingerprint density at radius 2 is 1.69 bits per heavy atom. The minimum Gasteiger partial charge on any atom is -0.490 e. The molecule has 0 aliphatic carbocycles. The lowest BCUT2D eigenvalue weighted by Crippen LogP contribution is -2.54. The lowest BCUT2D eigenvalue weighted by Gasteiger charge is -2.27. The maximum atomic E-state index is 13.4. The second-order valence-electron chi connectivity index (χ2n) is 8.85. The number of rotatable bonds is 8. The highest BCUT2D eigenvalue weighted by Gasteiger charge is 2.37. The maximum Gasteiger partial charge on any atom is 0.335 e. The fraction of sp³-hybridized carbons (Fsp3) is 0.172. The Bertz CT molecular complexity index is 1510. The zero-order valence-corrected chi connectivity index (χ0v) is 23.0. The Kier molecular flexibility index (Phi) is 8.15. The maximum absolute atomic E-state index is 13.4. The number of nitrogens with zero attached hydrogens (tertiary/aromatic N) is 1. The Morgan fingerprint density at radius 3 is 2.36 bits per heavy atom. The van der Waals surface area contributed by atoms with Gasteiger partial charge in [0.1, 0.15) is 12.2 Å². The number of carbonyl (C=O) groups excluding carboxylic acids is 3. The highest BCUT2D eigenvalue weighted by atomic mass is 79.9. The number of hydrogen-bond acceptors (Lipinski definition) is 6. The van der Waals surface area contributed by atoms with Crippen LogP contribution in [0.2, 0.25) is 0 Å². The molecule has 4 rings (SSSR count). The second-order valence-corrected chi connectivity index (χ2v) is 9.71. The van der Waals surface area contributed by atoms with Crippen LogP contribution in [0.25, 0.3) is 6.08 Å². The summed E-state index contributed by atoms with van der Waals surface area (Å²) in [4.78, 5) is 50.9. The van der Waals surface area contributed by atoms with E-state index in [1.165, 1.54) is 18.2 Å². The van der Waals surface area contributed by atoms with Gasteiger partial charge in [0.2, 0.25) is 0 Å². The van der Waals surface area contributed by atoms with Gasteiger partial charge in [0, 0.05) is 4.47 Å². The van der Waals surface area contributed by atoms with E-state index >= 15 is 0 Å². The normalized spacial score (nSPS) is 14.4. The van der Waals surface area contributed by atoms with Crippen LogP contribution in [-0.4, -0.2) is 35.5 Å². The number of ether oxygens (including phenoxy) is 2. The molecule has 0 saturated carbocycles. The van der Waals surface area contributed by atoms with E-state index in [4.69, 9.17) is 9.47 Å². The highest BCUT2D eigenvalue weighted by Crippen LogP contribution is 2.36. The first-order valence-electron chi connectivity index (χ1n) is 12.0. The first kappa shape index (κ1) is 27.6. The largest absolute Gasteiger partial charge is 0.490 e. The molecule has 2 N–H and O–H groups in total. The van der Waals surface area contributed by atoms with Crippen LogP contribution in [0.4, 0.5) is 10.5 Å². The number of barbiturate groups is 1. The van der Waals surface area contributed by atoms with E-state index in [-0.39, 0.29) is 17.7 Å². The average Bonchev–Trinajstić information content (AvgIpc) is 2.86. The van der Waals surface area contributed by atoms with Crippen molar-refractivity contribution in [2.45, 2.75) is 27.4 Å². The molecule has 9 nitrogen and oxygen atoms in total. The number of aromatic carboxylic acids is 1. The van der Waals surface area contributed by atoms with Crippen molar-refractivity contribution in [1.82, 2.24) is 5.32 Å². The summed E-state index contributed by atoms with van der Waals surface area (Å²) in [5.74, 6) is -1.87. The molecule has 3 aromatic rings. The van der Waals surface area contributed by atoms with Crippen molar-refractivity contribution in [3.8, 4) is 11.5 Å². The van der Waals surface area contributed by atoms with Crippen LogP contribution in [0, 0.1) is 13.8 Å². The number of carboxylic acids is 1. The first-order valence-corrected chi connectivity index (χ1v) is 12.8. The minimum atomic E-state index is -1.04. The monoisotopic (exact) mass is 592 g/mol. The molecule has 200 valence electrons. The lowest BCUT2D eigenvalue weighted by atomic mass is 10.0.